The van der Waals surface area contributed by atoms with Crippen molar-refractivity contribution in [3.8, 4) is 0 Å². The summed E-state index contributed by atoms with van der Waals surface area (Å²) in [5, 5.41) is 0. The Bertz CT molecular complexity index is 486. The fourth-order valence-electron chi connectivity index (χ4n) is 2.53. The van der Waals surface area contributed by atoms with Crippen LogP contribution in [0.2, 0.25) is 0 Å². The first-order chi connectivity index (χ1) is 9.81. The lowest BCUT2D eigenvalue weighted by Gasteiger charge is -2.22. The van der Waals surface area contributed by atoms with Crippen LogP contribution in [-0.2, 0) is 0 Å². The molecular formula is C20H29F. The van der Waals surface area contributed by atoms with Crippen LogP contribution < -0.4 is 0 Å². The lowest BCUT2D eigenvalue weighted by molar-refractivity contribution is 0.476. The van der Waals surface area contributed by atoms with Crippen molar-refractivity contribution in [2.24, 2.45) is 11.8 Å². The summed E-state index contributed by atoms with van der Waals surface area (Å²) in [4.78, 5) is 0. The van der Waals surface area contributed by atoms with E-state index in [9.17, 15) is 4.39 Å². The third-order valence-electron chi connectivity index (χ3n) is 4.03. The molecule has 0 heterocycles. The fourth-order valence-corrected chi connectivity index (χ4v) is 2.53. The van der Waals surface area contributed by atoms with Crippen LogP contribution in [-0.4, -0.2) is 0 Å². The predicted molar refractivity (Wildman–Crippen MR) is 91.8 cm³/mol. The first-order valence-electron chi connectivity index (χ1n) is 7.93. The summed E-state index contributed by atoms with van der Waals surface area (Å²) in [6.45, 7) is 16.4. The van der Waals surface area contributed by atoms with Crippen molar-refractivity contribution in [2.75, 3.05) is 0 Å². The van der Waals surface area contributed by atoms with E-state index in [1.54, 1.807) is 6.08 Å². The van der Waals surface area contributed by atoms with E-state index in [2.05, 4.69) is 33.9 Å². The fraction of sp³-hybridized carbons (Fsp3) is 0.500. The van der Waals surface area contributed by atoms with Gasteiger partial charge in [-0.15, -0.1) is 0 Å². The van der Waals surface area contributed by atoms with Crippen LogP contribution in [0.15, 0.2) is 59.5 Å². The quantitative estimate of drug-likeness (QED) is 0.458. The van der Waals surface area contributed by atoms with Crippen LogP contribution in [0.4, 0.5) is 4.39 Å². The van der Waals surface area contributed by atoms with E-state index in [-0.39, 0.29) is 5.83 Å². The maximum absolute atomic E-state index is 14.3. The molecule has 1 aliphatic rings. The Morgan fingerprint density at radius 2 is 1.86 bits per heavy atom. The van der Waals surface area contributed by atoms with E-state index in [1.807, 2.05) is 19.1 Å². The van der Waals surface area contributed by atoms with Gasteiger partial charge in [-0.3, -0.25) is 0 Å². The van der Waals surface area contributed by atoms with E-state index in [0.717, 1.165) is 36.0 Å². The second-order valence-corrected chi connectivity index (χ2v) is 6.62. The molecule has 1 atom stereocenters. The average Bonchev–Trinajstić information content (AvgIpc) is 2.41. The first kappa shape index (κ1) is 17.7. The summed E-state index contributed by atoms with van der Waals surface area (Å²) in [6, 6.07) is 0. The van der Waals surface area contributed by atoms with Crippen molar-refractivity contribution in [3.63, 3.8) is 0 Å². The Morgan fingerprint density at radius 1 is 1.19 bits per heavy atom. The predicted octanol–water partition coefficient (Wildman–Crippen LogP) is 6.69. The standard InChI is InChI=1S/C20H29F/c1-14(2)7-9-16(5)18-11-12-19(20(21)13-18)17(6)10-8-15(3)4/h8,10,13-14,16H,3,6-7,9,11-12H2,1-2,4-5H3/b10-8-. The van der Waals surface area contributed by atoms with Gasteiger partial charge in [-0.05, 0) is 55.2 Å². The van der Waals surface area contributed by atoms with Crippen molar-refractivity contribution in [1.29, 1.82) is 0 Å². The van der Waals surface area contributed by atoms with E-state index in [1.165, 1.54) is 12.0 Å². The molecular weight excluding hydrogens is 259 g/mol. The van der Waals surface area contributed by atoms with Crippen molar-refractivity contribution in [1.82, 2.24) is 0 Å². The normalized spacial score (nSPS) is 17.3. The summed E-state index contributed by atoms with van der Waals surface area (Å²) >= 11 is 0. The zero-order chi connectivity index (χ0) is 16.0. The highest BCUT2D eigenvalue weighted by molar-refractivity contribution is 5.46. The smallest absolute Gasteiger partial charge is 0.126 e. The second kappa shape index (κ2) is 8.17. The molecule has 1 heteroatoms. The van der Waals surface area contributed by atoms with Crippen LogP contribution in [0, 0.1) is 11.8 Å². The summed E-state index contributed by atoms with van der Waals surface area (Å²) in [5.41, 5.74) is 3.70. The van der Waals surface area contributed by atoms with Crippen molar-refractivity contribution in [2.45, 2.75) is 53.4 Å². The first-order valence-corrected chi connectivity index (χ1v) is 7.93. The van der Waals surface area contributed by atoms with E-state index < -0.39 is 0 Å². The molecule has 0 aromatic heterocycles. The van der Waals surface area contributed by atoms with E-state index in [4.69, 9.17) is 0 Å². The van der Waals surface area contributed by atoms with Gasteiger partial charge in [0.05, 0.1) is 0 Å². The van der Waals surface area contributed by atoms with Crippen molar-refractivity contribution < 1.29 is 4.39 Å². The summed E-state index contributed by atoms with van der Waals surface area (Å²) in [5.74, 6) is 1.07. The van der Waals surface area contributed by atoms with Gasteiger partial charge in [0.2, 0.25) is 0 Å². The number of allylic oxidation sites excluding steroid dienone is 8. The topological polar surface area (TPSA) is 0 Å². The van der Waals surface area contributed by atoms with Crippen LogP contribution in [0.1, 0.15) is 53.4 Å². The lowest BCUT2D eigenvalue weighted by atomic mass is 9.84. The molecule has 0 aromatic carbocycles. The van der Waals surface area contributed by atoms with Gasteiger partial charge in [-0.25, -0.2) is 4.39 Å². The zero-order valence-electron chi connectivity index (χ0n) is 14.0. The molecule has 0 aliphatic heterocycles. The molecule has 0 bridgehead atoms. The highest BCUT2D eigenvalue weighted by atomic mass is 19.1. The van der Waals surface area contributed by atoms with Crippen LogP contribution in [0.25, 0.3) is 0 Å². The molecule has 0 saturated carbocycles. The minimum Gasteiger partial charge on any atom is -0.207 e. The Morgan fingerprint density at radius 3 is 2.38 bits per heavy atom. The third-order valence-corrected chi connectivity index (χ3v) is 4.03. The zero-order valence-corrected chi connectivity index (χ0v) is 14.0. The minimum atomic E-state index is -0.107. The Labute approximate surface area is 129 Å². The monoisotopic (exact) mass is 288 g/mol. The van der Waals surface area contributed by atoms with E-state index >= 15 is 0 Å². The van der Waals surface area contributed by atoms with Gasteiger partial charge in [0.25, 0.3) is 0 Å². The second-order valence-electron chi connectivity index (χ2n) is 6.62. The number of halogens is 1. The highest BCUT2D eigenvalue weighted by Crippen LogP contribution is 2.34. The molecule has 116 valence electrons. The van der Waals surface area contributed by atoms with Gasteiger partial charge in [-0.2, -0.15) is 0 Å². The highest BCUT2D eigenvalue weighted by Gasteiger charge is 2.18. The number of rotatable bonds is 7. The van der Waals surface area contributed by atoms with Gasteiger partial charge >= 0.3 is 0 Å². The SMILES string of the molecule is C=C(C)/C=C\C(=C)C1=C(F)C=C(C(C)CCC(C)C)CC1. The molecule has 0 nitrogen and oxygen atoms in total. The maximum atomic E-state index is 14.3. The maximum Gasteiger partial charge on any atom is 0.126 e. The van der Waals surface area contributed by atoms with Gasteiger partial charge in [0.15, 0.2) is 0 Å². The van der Waals surface area contributed by atoms with Gasteiger partial charge in [0.1, 0.15) is 5.83 Å². The molecule has 0 spiro atoms. The Hall–Kier alpha value is -1.37. The van der Waals surface area contributed by atoms with E-state index in [0.29, 0.717) is 11.8 Å². The molecule has 1 aliphatic carbocycles. The van der Waals surface area contributed by atoms with Crippen LogP contribution in [0.3, 0.4) is 0 Å². The van der Waals surface area contributed by atoms with Crippen LogP contribution >= 0.6 is 0 Å². The molecule has 0 amide bonds. The summed E-state index contributed by atoms with van der Waals surface area (Å²) in [7, 11) is 0. The minimum absolute atomic E-state index is 0.107. The molecule has 0 fully saturated rings. The van der Waals surface area contributed by atoms with Crippen molar-refractivity contribution >= 4 is 0 Å². The lowest BCUT2D eigenvalue weighted by Crippen LogP contribution is -2.07. The summed E-state index contributed by atoms with van der Waals surface area (Å²) in [6.07, 6.45) is 9.52. The average molecular weight is 288 g/mol. The molecule has 21 heavy (non-hydrogen) atoms. The molecule has 1 unspecified atom stereocenters. The van der Waals surface area contributed by atoms with Gasteiger partial charge in [0, 0.05) is 0 Å². The van der Waals surface area contributed by atoms with Crippen LogP contribution in [0.5, 0.6) is 0 Å². The molecule has 1 rings (SSSR count). The molecule has 0 aromatic rings. The Balaban J connectivity index is 2.77. The third kappa shape index (κ3) is 5.87. The Kier molecular flexibility index (Phi) is 6.87. The van der Waals surface area contributed by atoms with Crippen molar-refractivity contribution in [3.05, 3.63) is 59.5 Å². The molecule has 0 saturated heterocycles. The van der Waals surface area contributed by atoms with Gasteiger partial charge in [-0.1, -0.05) is 63.6 Å². The number of hydrogen-bond donors (Lipinski definition) is 0. The largest absolute Gasteiger partial charge is 0.207 e. The molecule has 0 radical (unpaired) electrons. The summed E-state index contributed by atoms with van der Waals surface area (Å²) < 4.78 is 14.3. The molecule has 0 N–H and O–H groups in total. The van der Waals surface area contributed by atoms with Gasteiger partial charge < -0.3 is 0 Å². The number of hydrogen-bond acceptors (Lipinski definition) is 0.